The molecular weight excluding hydrogens is 376 g/mol. The summed E-state index contributed by atoms with van der Waals surface area (Å²) in [6, 6.07) is 17.0. The zero-order chi connectivity index (χ0) is 19.5. The zero-order valence-electron chi connectivity index (χ0n) is 15.5. The van der Waals surface area contributed by atoms with Gasteiger partial charge in [0.2, 0.25) is 5.91 Å². The van der Waals surface area contributed by atoms with E-state index in [0.29, 0.717) is 43.2 Å². The molecule has 7 heteroatoms. The van der Waals surface area contributed by atoms with Gasteiger partial charge in [0.1, 0.15) is 6.04 Å². The number of carbonyl (C=O) groups is 2. The van der Waals surface area contributed by atoms with Crippen molar-refractivity contribution in [2.75, 3.05) is 26.2 Å². The van der Waals surface area contributed by atoms with E-state index in [1.807, 2.05) is 23.1 Å². The minimum Gasteiger partial charge on any atom is -0.338 e. The maximum Gasteiger partial charge on any atom is 0.254 e. The van der Waals surface area contributed by atoms with E-state index in [1.165, 1.54) is 5.56 Å². The fourth-order valence-corrected chi connectivity index (χ4v) is 3.97. The second-order valence-electron chi connectivity index (χ2n) is 7.17. The van der Waals surface area contributed by atoms with E-state index in [-0.39, 0.29) is 23.9 Å². The van der Waals surface area contributed by atoms with E-state index < -0.39 is 0 Å². The van der Waals surface area contributed by atoms with E-state index in [2.05, 4.69) is 23.0 Å². The third kappa shape index (κ3) is 4.04. The highest BCUT2D eigenvalue weighted by Crippen LogP contribution is 2.23. The molecule has 28 heavy (non-hydrogen) atoms. The number of halogens is 1. The Balaban J connectivity index is 1.31. The van der Waals surface area contributed by atoms with Crippen LogP contribution in [-0.2, 0) is 4.79 Å². The van der Waals surface area contributed by atoms with Gasteiger partial charge in [-0.05, 0) is 30.2 Å². The molecule has 2 saturated heterocycles. The van der Waals surface area contributed by atoms with E-state index in [9.17, 15) is 9.59 Å². The number of rotatable bonds is 3. The first kappa shape index (κ1) is 18.9. The number of hydrogen-bond acceptors (Lipinski definition) is 4. The quantitative estimate of drug-likeness (QED) is 0.832. The first-order valence-corrected chi connectivity index (χ1v) is 9.89. The van der Waals surface area contributed by atoms with Gasteiger partial charge in [-0.25, -0.2) is 10.9 Å². The number of hydrazine groups is 1. The molecule has 2 amide bonds. The lowest BCUT2D eigenvalue weighted by molar-refractivity contribution is -0.134. The highest BCUT2D eigenvalue weighted by molar-refractivity contribution is 6.30. The van der Waals surface area contributed by atoms with Crippen LogP contribution in [0.5, 0.6) is 0 Å². The number of hydrogen-bond donors (Lipinski definition) is 2. The van der Waals surface area contributed by atoms with E-state index in [0.717, 1.165) is 0 Å². The Hall–Kier alpha value is -2.41. The molecule has 0 spiro atoms. The van der Waals surface area contributed by atoms with Crippen molar-refractivity contribution in [1.29, 1.82) is 0 Å². The molecular formula is C21H23ClN4O2. The molecule has 4 rings (SSSR count). The van der Waals surface area contributed by atoms with Crippen LogP contribution in [0.3, 0.4) is 0 Å². The molecule has 0 aromatic heterocycles. The molecule has 0 radical (unpaired) electrons. The van der Waals surface area contributed by atoms with Crippen molar-refractivity contribution in [3.63, 3.8) is 0 Å². The van der Waals surface area contributed by atoms with Gasteiger partial charge in [-0.2, -0.15) is 0 Å². The number of amides is 2. The topological polar surface area (TPSA) is 64.7 Å². The second kappa shape index (κ2) is 8.31. The number of nitrogens with one attached hydrogen (secondary N) is 2. The highest BCUT2D eigenvalue weighted by atomic mass is 35.5. The maximum atomic E-state index is 12.9. The number of nitrogens with zero attached hydrogens (tertiary/aromatic N) is 2. The number of benzene rings is 2. The minimum absolute atomic E-state index is 0.0422. The van der Waals surface area contributed by atoms with Crippen LogP contribution in [0.25, 0.3) is 0 Å². The SMILES string of the molecule is O=C(c1cccc(Cl)c1)N1CCN(C(=O)C2CC(c3ccccc3)NN2)CC1. The molecule has 146 valence electrons. The molecule has 6 nitrogen and oxygen atoms in total. The zero-order valence-corrected chi connectivity index (χ0v) is 16.2. The summed E-state index contributed by atoms with van der Waals surface area (Å²) >= 11 is 5.98. The van der Waals surface area contributed by atoms with Crippen molar-refractivity contribution in [3.05, 3.63) is 70.7 Å². The maximum absolute atomic E-state index is 12.9. The van der Waals surface area contributed by atoms with Gasteiger partial charge in [0.05, 0.1) is 0 Å². The van der Waals surface area contributed by atoms with Crippen molar-refractivity contribution in [1.82, 2.24) is 20.7 Å². The Kier molecular flexibility index (Phi) is 5.62. The smallest absolute Gasteiger partial charge is 0.254 e. The summed E-state index contributed by atoms with van der Waals surface area (Å²) in [7, 11) is 0. The van der Waals surface area contributed by atoms with Gasteiger partial charge >= 0.3 is 0 Å². The first-order chi connectivity index (χ1) is 13.6. The van der Waals surface area contributed by atoms with Gasteiger partial charge in [-0.15, -0.1) is 0 Å². The van der Waals surface area contributed by atoms with E-state index in [1.54, 1.807) is 29.2 Å². The van der Waals surface area contributed by atoms with Crippen LogP contribution in [0, 0.1) is 0 Å². The van der Waals surface area contributed by atoms with Crippen LogP contribution in [0.1, 0.15) is 28.4 Å². The highest BCUT2D eigenvalue weighted by Gasteiger charge is 2.34. The molecule has 2 aromatic carbocycles. The van der Waals surface area contributed by atoms with Crippen LogP contribution in [0.4, 0.5) is 0 Å². The summed E-state index contributed by atoms with van der Waals surface area (Å²) < 4.78 is 0. The molecule has 2 aromatic rings. The Morgan fingerprint density at radius 1 is 0.893 bits per heavy atom. The fraction of sp³-hybridized carbons (Fsp3) is 0.333. The minimum atomic E-state index is -0.250. The summed E-state index contributed by atoms with van der Waals surface area (Å²) in [5, 5.41) is 0.549. The van der Waals surface area contributed by atoms with Gasteiger partial charge in [0.25, 0.3) is 5.91 Å². The second-order valence-corrected chi connectivity index (χ2v) is 7.60. The largest absolute Gasteiger partial charge is 0.338 e. The van der Waals surface area contributed by atoms with Crippen molar-refractivity contribution in [2.45, 2.75) is 18.5 Å². The standard InChI is InChI=1S/C21H23ClN4O2/c22-17-8-4-7-16(13-17)20(27)25-9-11-26(12-10-25)21(28)19-14-18(23-24-19)15-5-2-1-3-6-15/h1-8,13,18-19,23-24H,9-12,14H2. The number of piperazine rings is 1. The molecule has 2 aliphatic rings. The Labute approximate surface area is 169 Å². The van der Waals surface area contributed by atoms with Crippen molar-refractivity contribution < 1.29 is 9.59 Å². The Morgan fingerprint density at radius 3 is 2.32 bits per heavy atom. The summed E-state index contributed by atoms with van der Waals surface area (Å²) in [6.45, 7) is 2.14. The van der Waals surface area contributed by atoms with Crippen molar-refractivity contribution in [2.24, 2.45) is 0 Å². The summed E-state index contributed by atoms with van der Waals surface area (Å²) in [5.41, 5.74) is 8.11. The first-order valence-electron chi connectivity index (χ1n) is 9.51. The lowest BCUT2D eigenvalue weighted by Crippen LogP contribution is -2.54. The summed E-state index contributed by atoms with van der Waals surface area (Å²) in [5.74, 6) is 0.0418. The number of carbonyl (C=O) groups excluding carboxylic acids is 2. The van der Waals surface area contributed by atoms with Crippen LogP contribution in [0.15, 0.2) is 54.6 Å². The summed E-state index contributed by atoms with van der Waals surface area (Å²) in [6.07, 6.45) is 0.713. The van der Waals surface area contributed by atoms with Crippen LogP contribution in [0.2, 0.25) is 5.02 Å². The normalized spacial score (nSPS) is 22.3. The van der Waals surface area contributed by atoms with Gasteiger partial charge in [-0.1, -0.05) is 48.0 Å². The van der Waals surface area contributed by atoms with Crippen molar-refractivity contribution >= 4 is 23.4 Å². The molecule has 0 aliphatic carbocycles. The monoisotopic (exact) mass is 398 g/mol. The lowest BCUT2D eigenvalue weighted by atomic mass is 10.0. The molecule has 2 aliphatic heterocycles. The Morgan fingerprint density at radius 2 is 1.61 bits per heavy atom. The van der Waals surface area contributed by atoms with E-state index >= 15 is 0 Å². The van der Waals surface area contributed by atoms with Gasteiger partial charge in [0.15, 0.2) is 0 Å². The average molecular weight is 399 g/mol. The molecule has 2 fully saturated rings. The van der Waals surface area contributed by atoms with Gasteiger partial charge in [0, 0.05) is 42.8 Å². The van der Waals surface area contributed by atoms with Crippen LogP contribution in [-0.4, -0.2) is 53.8 Å². The molecule has 0 saturated carbocycles. The van der Waals surface area contributed by atoms with Crippen LogP contribution < -0.4 is 10.9 Å². The lowest BCUT2D eigenvalue weighted by Gasteiger charge is -2.36. The average Bonchev–Trinajstić information content (AvgIpc) is 3.24. The predicted octanol–water partition coefficient (Wildman–Crippen LogP) is 2.23. The van der Waals surface area contributed by atoms with Gasteiger partial charge in [-0.3, -0.25) is 9.59 Å². The summed E-state index contributed by atoms with van der Waals surface area (Å²) in [4.78, 5) is 29.1. The third-order valence-electron chi connectivity index (χ3n) is 5.35. The molecule has 2 heterocycles. The van der Waals surface area contributed by atoms with Gasteiger partial charge < -0.3 is 9.80 Å². The fourth-order valence-electron chi connectivity index (χ4n) is 3.78. The third-order valence-corrected chi connectivity index (χ3v) is 5.59. The van der Waals surface area contributed by atoms with Crippen LogP contribution >= 0.6 is 11.6 Å². The Bertz CT molecular complexity index is 852. The molecule has 2 unspecified atom stereocenters. The van der Waals surface area contributed by atoms with E-state index in [4.69, 9.17) is 11.6 Å². The molecule has 0 bridgehead atoms. The molecule has 2 N–H and O–H groups in total. The predicted molar refractivity (Wildman–Crippen MR) is 108 cm³/mol. The van der Waals surface area contributed by atoms with Crippen molar-refractivity contribution in [3.8, 4) is 0 Å². The molecule has 2 atom stereocenters.